The van der Waals surface area contributed by atoms with Crippen molar-refractivity contribution in [1.82, 2.24) is 10.6 Å². The Kier molecular flexibility index (Phi) is 4.78. The Morgan fingerprint density at radius 1 is 1.54 bits per heavy atom. The lowest BCUT2D eigenvalue weighted by Crippen LogP contribution is -2.43. The molecule has 1 rings (SSSR count). The van der Waals surface area contributed by atoms with E-state index in [4.69, 9.17) is 5.11 Å². The van der Waals surface area contributed by atoms with Gasteiger partial charge in [-0.25, -0.2) is 0 Å². The minimum atomic E-state index is -0.0472. The van der Waals surface area contributed by atoms with E-state index in [-0.39, 0.29) is 18.6 Å². The molecular weight excluding hydrogens is 168 g/mol. The molecule has 0 radical (unpaired) electrons. The fourth-order valence-electron chi connectivity index (χ4n) is 1.49. The Morgan fingerprint density at radius 3 is 3.15 bits per heavy atom. The van der Waals surface area contributed by atoms with Gasteiger partial charge < -0.3 is 15.7 Å². The lowest BCUT2D eigenvalue weighted by molar-refractivity contribution is -0.122. The Bertz CT molecular complexity index is 162. The molecule has 0 bridgehead atoms. The SMILES string of the molecule is O=C1NCCCCC1NCCCO. The van der Waals surface area contributed by atoms with Crippen molar-refractivity contribution in [3.8, 4) is 0 Å². The van der Waals surface area contributed by atoms with Crippen molar-refractivity contribution < 1.29 is 9.90 Å². The molecule has 0 saturated carbocycles. The second-order valence-corrected chi connectivity index (χ2v) is 3.37. The topological polar surface area (TPSA) is 61.4 Å². The van der Waals surface area contributed by atoms with Crippen LogP contribution in [0.5, 0.6) is 0 Å². The van der Waals surface area contributed by atoms with E-state index in [0.717, 1.165) is 25.8 Å². The molecule has 3 N–H and O–H groups in total. The zero-order chi connectivity index (χ0) is 9.52. The summed E-state index contributed by atoms with van der Waals surface area (Å²) in [5, 5.41) is 14.6. The van der Waals surface area contributed by atoms with Crippen LogP contribution in [0.25, 0.3) is 0 Å². The molecule has 13 heavy (non-hydrogen) atoms. The molecule has 0 aliphatic carbocycles. The summed E-state index contributed by atoms with van der Waals surface area (Å²) in [6, 6.07) is -0.0472. The standard InChI is InChI=1S/C9H18N2O2/c12-7-3-6-10-8-4-1-2-5-11-9(8)13/h8,10,12H,1-7H2,(H,11,13). The first-order valence-electron chi connectivity index (χ1n) is 4.96. The summed E-state index contributed by atoms with van der Waals surface area (Å²) in [7, 11) is 0. The van der Waals surface area contributed by atoms with Crippen LogP contribution >= 0.6 is 0 Å². The van der Waals surface area contributed by atoms with E-state index in [1.165, 1.54) is 0 Å². The monoisotopic (exact) mass is 186 g/mol. The van der Waals surface area contributed by atoms with Gasteiger partial charge in [0.15, 0.2) is 0 Å². The van der Waals surface area contributed by atoms with Crippen LogP contribution in [-0.2, 0) is 4.79 Å². The second kappa shape index (κ2) is 5.94. The number of rotatable bonds is 4. The molecule has 0 aromatic heterocycles. The van der Waals surface area contributed by atoms with E-state index >= 15 is 0 Å². The van der Waals surface area contributed by atoms with E-state index in [9.17, 15) is 4.79 Å². The largest absolute Gasteiger partial charge is 0.396 e. The smallest absolute Gasteiger partial charge is 0.237 e. The maximum Gasteiger partial charge on any atom is 0.237 e. The second-order valence-electron chi connectivity index (χ2n) is 3.37. The van der Waals surface area contributed by atoms with Gasteiger partial charge in [-0.1, -0.05) is 0 Å². The molecule has 0 aromatic rings. The number of aliphatic hydroxyl groups excluding tert-OH is 1. The predicted octanol–water partition coefficient (Wildman–Crippen LogP) is -0.373. The first-order chi connectivity index (χ1) is 6.34. The third kappa shape index (κ3) is 3.74. The van der Waals surface area contributed by atoms with Crippen molar-refractivity contribution >= 4 is 5.91 Å². The molecule has 1 fully saturated rings. The molecule has 4 heteroatoms. The quantitative estimate of drug-likeness (QED) is 0.525. The van der Waals surface area contributed by atoms with Crippen molar-refractivity contribution in [2.45, 2.75) is 31.7 Å². The highest BCUT2D eigenvalue weighted by atomic mass is 16.3. The number of aliphatic hydroxyl groups is 1. The van der Waals surface area contributed by atoms with E-state index in [1.807, 2.05) is 0 Å². The van der Waals surface area contributed by atoms with Crippen LogP contribution in [0.3, 0.4) is 0 Å². The minimum absolute atomic E-state index is 0.0472. The lowest BCUT2D eigenvalue weighted by atomic mass is 10.1. The number of amides is 1. The van der Waals surface area contributed by atoms with Gasteiger partial charge in [-0.2, -0.15) is 0 Å². The molecule has 4 nitrogen and oxygen atoms in total. The van der Waals surface area contributed by atoms with Crippen molar-refractivity contribution in [2.24, 2.45) is 0 Å². The molecule has 1 aliphatic rings. The normalized spacial score (nSPS) is 23.8. The molecule has 1 saturated heterocycles. The van der Waals surface area contributed by atoms with Gasteiger partial charge in [0.1, 0.15) is 0 Å². The number of carbonyl (C=O) groups excluding carboxylic acids is 1. The Morgan fingerprint density at radius 2 is 2.38 bits per heavy atom. The fraction of sp³-hybridized carbons (Fsp3) is 0.889. The number of carbonyl (C=O) groups is 1. The highest BCUT2D eigenvalue weighted by Crippen LogP contribution is 2.04. The maximum absolute atomic E-state index is 11.4. The fourth-order valence-corrected chi connectivity index (χ4v) is 1.49. The van der Waals surface area contributed by atoms with Gasteiger partial charge in [-0.05, 0) is 32.2 Å². The van der Waals surface area contributed by atoms with Crippen LogP contribution in [-0.4, -0.2) is 36.8 Å². The molecule has 0 aromatic carbocycles. The van der Waals surface area contributed by atoms with Crippen LogP contribution in [0.4, 0.5) is 0 Å². The van der Waals surface area contributed by atoms with Crippen molar-refractivity contribution in [3.05, 3.63) is 0 Å². The van der Waals surface area contributed by atoms with Gasteiger partial charge in [0, 0.05) is 13.2 Å². The number of hydrogen-bond acceptors (Lipinski definition) is 3. The molecule has 1 amide bonds. The summed E-state index contributed by atoms with van der Waals surface area (Å²) < 4.78 is 0. The maximum atomic E-state index is 11.4. The van der Waals surface area contributed by atoms with Gasteiger partial charge in [0.25, 0.3) is 0 Å². The third-order valence-electron chi connectivity index (χ3n) is 2.26. The van der Waals surface area contributed by atoms with E-state index in [2.05, 4.69) is 10.6 Å². The van der Waals surface area contributed by atoms with E-state index < -0.39 is 0 Å². The molecule has 1 heterocycles. The van der Waals surface area contributed by atoms with Gasteiger partial charge in [0.05, 0.1) is 6.04 Å². The molecule has 1 aliphatic heterocycles. The highest BCUT2D eigenvalue weighted by Gasteiger charge is 2.18. The lowest BCUT2D eigenvalue weighted by Gasteiger charge is -2.14. The van der Waals surface area contributed by atoms with Crippen molar-refractivity contribution in [2.75, 3.05) is 19.7 Å². The van der Waals surface area contributed by atoms with Crippen LogP contribution in [0, 0.1) is 0 Å². The summed E-state index contributed by atoms with van der Waals surface area (Å²) in [6.45, 7) is 1.70. The van der Waals surface area contributed by atoms with Gasteiger partial charge in [0.2, 0.25) is 5.91 Å². The third-order valence-corrected chi connectivity index (χ3v) is 2.26. The molecule has 1 atom stereocenters. The summed E-state index contributed by atoms with van der Waals surface area (Å²) in [6.07, 6.45) is 3.79. The van der Waals surface area contributed by atoms with Crippen molar-refractivity contribution in [1.29, 1.82) is 0 Å². The Labute approximate surface area is 78.7 Å². The molecule has 76 valence electrons. The molecule has 1 unspecified atom stereocenters. The summed E-state index contributed by atoms with van der Waals surface area (Å²) in [5.74, 6) is 0.107. The first-order valence-corrected chi connectivity index (χ1v) is 4.96. The van der Waals surface area contributed by atoms with Crippen LogP contribution in [0.15, 0.2) is 0 Å². The average molecular weight is 186 g/mol. The van der Waals surface area contributed by atoms with Crippen LogP contribution in [0.1, 0.15) is 25.7 Å². The van der Waals surface area contributed by atoms with Gasteiger partial charge >= 0.3 is 0 Å². The first kappa shape index (κ1) is 10.5. The van der Waals surface area contributed by atoms with Crippen LogP contribution < -0.4 is 10.6 Å². The average Bonchev–Trinajstić information content (AvgIpc) is 2.32. The Balaban J connectivity index is 2.24. The predicted molar refractivity (Wildman–Crippen MR) is 50.4 cm³/mol. The summed E-state index contributed by atoms with van der Waals surface area (Å²) in [4.78, 5) is 11.4. The summed E-state index contributed by atoms with van der Waals surface area (Å²) >= 11 is 0. The zero-order valence-corrected chi connectivity index (χ0v) is 7.88. The van der Waals surface area contributed by atoms with E-state index in [1.54, 1.807) is 0 Å². The minimum Gasteiger partial charge on any atom is -0.396 e. The van der Waals surface area contributed by atoms with Gasteiger partial charge in [-0.15, -0.1) is 0 Å². The Hall–Kier alpha value is -0.610. The molecule has 0 spiro atoms. The van der Waals surface area contributed by atoms with E-state index in [0.29, 0.717) is 13.0 Å². The van der Waals surface area contributed by atoms with Crippen LogP contribution in [0.2, 0.25) is 0 Å². The zero-order valence-electron chi connectivity index (χ0n) is 7.88. The summed E-state index contributed by atoms with van der Waals surface area (Å²) in [5.41, 5.74) is 0. The number of hydrogen-bond donors (Lipinski definition) is 3. The van der Waals surface area contributed by atoms with Crippen molar-refractivity contribution in [3.63, 3.8) is 0 Å². The highest BCUT2D eigenvalue weighted by molar-refractivity contribution is 5.81. The number of nitrogens with one attached hydrogen (secondary N) is 2. The van der Waals surface area contributed by atoms with Gasteiger partial charge in [-0.3, -0.25) is 4.79 Å². The molecular formula is C9H18N2O2.